The van der Waals surface area contributed by atoms with Gasteiger partial charge in [0.05, 0.1) is 17.6 Å². The Morgan fingerprint density at radius 2 is 1.94 bits per heavy atom. The van der Waals surface area contributed by atoms with Crippen LogP contribution in [0.1, 0.15) is 40.5 Å². The monoisotopic (exact) mass is 243 g/mol. The molecule has 0 aliphatic carbocycles. The molecule has 1 fully saturated rings. The van der Waals surface area contributed by atoms with Gasteiger partial charge in [0.25, 0.3) is 0 Å². The largest absolute Gasteiger partial charge is 0.481 e. The highest BCUT2D eigenvalue weighted by Gasteiger charge is 2.36. The van der Waals surface area contributed by atoms with E-state index in [4.69, 9.17) is 4.74 Å². The zero-order chi connectivity index (χ0) is 13.1. The van der Waals surface area contributed by atoms with Gasteiger partial charge in [0.2, 0.25) is 0 Å². The maximum Gasteiger partial charge on any atom is 0.310 e. The van der Waals surface area contributed by atoms with Crippen LogP contribution in [0.4, 0.5) is 0 Å². The number of carbonyl (C=O) groups is 1. The number of ether oxygens (including phenoxy) is 1. The molecule has 17 heavy (non-hydrogen) atoms. The summed E-state index contributed by atoms with van der Waals surface area (Å²) in [5.41, 5.74) is -0.633. The summed E-state index contributed by atoms with van der Waals surface area (Å²) in [6.45, 7) is 10.2. The van der Waals surface area contributed by atoms with Gasteiger partial charge in [-0.1, -0.05) is 13.3 Å². The van der Waals surface area contributed by atoms with Gasteiger partial charge in [0.1, 0.15) is 0 Å². The Morgan fingerprint density at radius 1 is 1.41 bits per heavy atom. The number of aliphatic carboxylic acids is 1. The van der Waals surface area contributed by atoms with Crippen molar-refractivity contribution in [1.29, 1.82) is 0 Å². The highest BCUT2D eigenvalue weighted by molar-refractivity contribution is 5.74. The molecule has 0 aromatic rings. The molecule has 1 aliphatic rings. The van der Waals surface area contributed by atoms with Crippen LogP contribution in [0.3, 0.4) is 0 Å². The Bertz CT molecular complexity index is 259. The lowest BCUT2D eigenvalue weighted by atomic mass is 9.85. The molecule has 4 heteroatoms. The molecule has 4 nitrogen and oxygen atoms in total. The topological polar surface area (TPSA) is 49.8 Å². The predicted octanol–water partition coefficient (Wildman–Crippen LogP) is 1.99. The summed E-state index contributed by atoms with van der Waals surface area (Å²) in [6, 6.07) is 0. The van der Waals surface area contributed by atoms with Crippen LogP contribution in [0.15, 0.2) is 0 Å². The number of morpholine rings is 1. The van der Waals surface area contributed by atoms with Crippen molar-refractivity contribution in [2.75, 3.05) is 19.6 Å². The molecule has 0 saturated carbocycles. The fraction of sp³-hybridized carbons (Fsp3) is 0.923. The zero-order valence-corrected chi connectivity index (χ0v) is 11.4. The second-order valence-corrected chi connectivity index (χ2v) is 5.57. The molecule has 1 aliphatic heterocycles. The third-order valence-electron chi connectivity index (χ3n) is 3.39. The average Bonchev–Trinajstić information content (AvgIpc) is 2.15. The maximum atomic E-state index is 11.4. The first kappa shape index (κ1) is 14.5. The van der Waals surface area contributed by atoms with Crippen molar-refractivity contribution in [1.82, 2.24) is 4.90 Å². The van der Waals surface area contributed by atoms with Crippen molar-refractivity contribution < 1.29 is 14.6 Å². The zero-order valence-electron chi connectivity index (χ0n) is 11.4. The summed E-state index contributed by atoms with van der Waals surface area (Å²) in [5, 5.41) is 9.37. The predicted molar refractivity (Wildman–Crippen MR) is 67.1 cm³/mol. The van der Waals surface area contributed by atoms with Gasteiger partial charge in [-0.05, 0) is 27.2 Å². The minimum absolute atomic E-state index is 0.193. The molecule has 1 rings (SSSR count). The smallest absolute Gasteiger partial charge is 0.310 e. The van der Waals surface area contributed by atoms with Crippen molar-refractivity contribution in [3.63, 3.8) is 0 Å². The standard InChI is InChI=1S/C13H25NO3/c1-5-6-13(4,12(15)16)9-14-7-10(2)17-11(3)8-14/h10-11H,5-9H2,1-4H3,(H,15,16). The first-order valence-corrected chi connectivity index (χ1v) is 6.48. The molecular formula is C13H25NO3. The third kappa shape index (κ3) is 3.96. The number of nitrogens with zero attached hydrogens (tertiary/aromatic N) is 1. The Morgan fingerprint density at radius 3 is 2.35 bits per heavy atom. The Balaban J connectivity index is 2.63. The van der Waals surface area contributed by atoms with Crippen LogP contribution in [0.5, 0.6) is 0 Å². The Hall–Kier alpha value is -0.610. The molecular weight excluding hydrogens is 218 g/mol. The molecule has 3 unspecified atom stereocenters. The van der Waals surface area contributed by atoms with Gasteiger partial charge in [0.15, 0.2) is 0 Å². The lowest BCUT2D eigenvalue weighted by Crippen LogP contribution is -2.50. The van der Waals surface area contributed by atoms with Crippen molar-refractivity contribution in [3.8, 4) is 0 Å². The van der Waals surface area contributed by atoms with Crippen molar-refractivity contribution in [2.24, 2.45) is 5.41 Å². The van der Waals surface area contributed by atoms with E-state index in [0.29, 0.717) is 6.54 Å². The van der Waals surface area contributed by atoms with E-state index in [1.165, 1.54) is 0 Å². The van der Waals surface area contributed by atoms with Crippen LogP contribution < -0.4 is 0 Å². The summed E-state index contributed by atoms with van der Waals surface area (Å²) >= 11 is 0. The third-order valence-corrected chi connectivity index (χ3v) is 3.39. The molecule has 0 amide bonds. The van der Waals surface area contributed by atoms with Crippen LogP contribution in [0.25, 0.3) is 0 Å². The van der Waals surface area contributed by atoms with Crippen molar-refractivity contribution in [2.45, 2.75) is 52.7 Å². The molecule has 1 N–H and O–H groups in total. The first-order chi connectivity index (χ1) is 7.87. The molecule has 3 atom stereocenters. The fourth-order valence-electron chi connectivity index (χ4n) is 2.71. The molecule has 100 valence electrons. The molecule has 1 saturated heterocycles. The molecule has 0 aromatic heterocycles. The SMILES string of the molecule is CCCC(C)(CN1CC(C)OC(C)C1)C(=O)O. The van der Waals surface area contributed by atoms with Gasteiger partial charge in [-0.15, -0.1) is 0 Å². The van der Waals surface area contributed by atoms with Crippen LogP contribution in [-0.2, 0) is 9.53 Å². The lowest BCUT2D eigenvalue weighted by Gasteiger charge is -2.39. The van der Waals surface area contributed by atoms with Gasteiger partial charge < -0.3 is 9.84 Å². The van der Waals surface area contributed by atoms with Gasteiger partial charge >= 0.3 is 5.97 Å². The number of hydrogen-bond donors (Lipinski definition) is 1. The summed E-state index contributed by atoms with van der Waals surface area (Å²) in [5.74, 6) is -0.689. The highest BCUT2D eigenvalue weighted by Crippen LogP contribution is 2.26. The van der Waals surface area contributed by atoms with E-state index in [-0.39, 0.29) is 12.2 Å². The number of carboxylic acid groups (broad SMARTS) is 1. The Kier molecular flexibility index (Phi) is 4.95. The lowest BCUT2D eigenvalue weighted by molar-refractivity contribution is -0.152. The first-order valence-electron chi connectivity index (χ1n) is 6.48. The van der Waals surface area contributed by atoms with E-state index >= 15 is 0 Å². The summed E-state index contributed by atoms with van der Waals surface area (Å²) in [7, 11) is 0. The molecule has 0 bridgehead atoms. The van der Waals surface area contributed by atoms with Crippen molar-refractivity contribution in [3.05, 3.63) is 0 Å². The van der Waals surface area contributed by atoms with Crippen LogP contribution in [-0.4, -0.2) is 47.8 Å². The summed E-state index contributed by atoms with van der Waals surface area (Å²) in [4.78, 5) is 13.6. The minimum atomic E-state index is -0.689. The fourth-order valence-corrected chi connectivity index (χ4v) is 2.71. The van der Waals surface area contributed by atoms with Gasteiger partial charge in [-0.2, -0.15) is 0 Å². The van der Waals surface area contributed by atoms with E-state index in [1.807, 2.05) is 27.7 Å². The van der Waals surface area contributed by atoms with E-state index in [0.717, 1.165) is 25.9 Å². The quantitative estimate of drug-likeness (QED) is 0.802. The maximum absolute atomic E-state index is 11.4. The molecule has 0 radical (unpaired) electrons. The summed E-state index contributed by atoms with van der Waals surface area (Å²) < 4.78 is 5.66. The van der Waals surface area contributed by atoms with Gasteiger partial charge in [-0.3, -0.25) is 9.69 Å². The normalized spacial score (nSPS) is 29.9. The van der Waals surface area contributed by atoms with Crippen molar-refractivity contribution >= 4 is 5.97 Å². The van der Waals surface area contributed by atoms with Gasteiger partial charge in [0, 0.05) is 19.6 Å². The number of carboxylic acids is 1. The van der Waals surface area contributed by atoms with Crippen LogP contribution >= 0.6 is 0 Å². The minimum Gasteiger partial charge on any atom is -0.481 e. The number of hydrogen-bond acceptors (Lipinski definition) is 3. The summed E-state index contributed by atoms with van der Waals surface area (Å²) in [6.07, 6.45) is 2.01. The van der Waals surface area contributed by atoms with Crippen LogP contribution in [0, 0.1) is 5.41 Å². The molecule has 1 heterocycles. The molecule has 0 spiro atoms. The van der Waals surface area contributed by atoms with Gasteiger partial charge in [-0.25, -0.2) is 0 Å². The average molecular weight is 243 g/mol. The second-order valence-electron chi connectivity index (χ2n) is 5.57. The van der Waals surface area contributed by atoms with E-state index in [2.05, 4.69) is 4.90 Å². The number of rotatable bonds is 5. The van der Waals surface area contributed by atoms with E-state index in [9.17, 15) is 9.90 Å². The molecule has 0 aromatic carbocycles. The Labute approximate surface area is 104 Å². The second kappa shape index (κ2) is 5.83. The van der Waals surface area contributed by atoms with Crippen LogP contribution in [0.2, 0.25) is 0 Å². The van der Waals surface area contributed by atoms with E-state index in [1.54, 1.807) is 0 Å². The highest BCUT2D eigenvalue weighted by atomic mass is 16.5. The van der Waals surface area contributed by atoms with E-state index < -0.39 is 11.4 Å².